The van der Waals surface area contributed by atoms with Crippen LogP contribution in [-0.2, 0) is 30.3 Å². The van der Waals surface area contributed by atoms with Gasteiger partial charge in [-0.1, -0.05) is 49.8 Å². The van der Waals surface area contributed by atoms with Crippen LogP contribution in [-0.4, -0.2) is 35.3 Å². The number of hydrogen-bond donors (Lipinski definition) is 0. The van der Waals surface area contributed by atoms with Crippen molar-refractivity contribution >= 4 is 35.0 Å². The van der Waals surface area contributed by atoms with Crippen LogP contribution < -0.4 is 9.80 Å². The van der Waals surface area contributed by atoms with Crippen LogP contribution in [0.5, 0.6) is 0 Å². The van der Waals surface area contributed by atoms with Crippen LogP contribution in [0.15, 0.2) is 72.8 Å². The minimum absolute atomic E-state index is 0.177. The molecule has 6 rings (SSSR count). The summed E-state index contributed by atoms with van der Waals surface area (Å²) in [6.45, 7) is 2.06. The summed E-state index contributed by atoms with van der Waals surface area (Å²) in [6.07, 6.45) is 8.35. The minimum Gasteiger partial charge on any atom is -0.362 e. The summed E-state index contributed by atoms with van der Waals surface area (Å²) in [5, 5.41) is 0. The van der Waals surface area contributed by atoms with Crippen LogP contribution in [0.1, 0.15) is 30.9 Å². The second-order valence-corrected chi connectivity index (χ2v) is 9.52. The SMILES string of the molecule is CCCC12C=CC(O1)C1C(=O)N(c3ccc(Cc4ccc(N5C(=O)C=CC5=O)cc4)cc3)C(=O)C12. The molecule has 0 spiro atoms. The lowest BCUT2D eigenvalue weighted by atomic mass is 9.75. The van der Waals surface area contributed by atoms with Crippen LogP contribution in [0.4, 0.5) is 11.4 Å². The average molecular weight is 469 g/mol. The van der Waals surface area contributed by atoms with Gasteiger partial charge in [-0.25, -0.2) is 9.80 Å². The van der Waals surface area contributed by atoms with Crippen molar-refractivity contribution in [2.75, 3.05) is 9.80 Å². The number of rotatable bonds is 6. The lowest BCUT2D eigenvalue weighted by Crippen LogP contribution is -2.40. The minimum atomic E-state index is -0.655. The van der Waals surface area contributed by atoms with Gasteiger partial charge in [0.1, 0.15) is 0 Å². The third-order valence-corrected chi connectivity index (χ3v) is 7.40. The monoisotopic (exact) mass is 468 g/mol. The normalized spacial score (nSPS) is 28.7. The predicted molar refractivity (Wildman–Crippen MR) is 128 cm³/mol. The van der Waals surface area contributed by atoms with Crippen molar-refractivity contribution in [3.63, 3.8) is 0 Å². The number of nitrogens with zero attached hydrogens (tertiary/aromatic N) is 2. The highest BCUT2D eigenvalue weighted by molar-refractivity contribution is 6.28. The first kappa shape index (κ1) is 21.7. The lowest BCUT2D eigenvalue weighted by molar-refractivity contribution is -0.127. The maximum Gasteiger partial charge on any atom is 0.258 e. The molecule has 4 aliphatic rings. The number of fused-ring (bicyclic) bond motifs is 5. The highest BCUT2D eigenvalue weighted by Crippen LogP contribution is 2.54. The number of amides is 4. The second-order valence-electron chi connectivity index (χ2n) is 9.52. The van der Waals surface area contributed by atoms with Gasteiger partial charge in [0.15, 0.2) is 0 Å². The Hall–Kier alpha value is -3.84. The summed E-state index contributed by atoms with van der Waals surface area (Å²) in [5.41, 5.74) is 2.49. The molecule has 2 fully saturated rings. The van der Waals surface area contributed by atoms with Crippen molar-refractivity contribution in [3.8, 4) is 0 Å². The lowest BCUT2D eigenvalue weighted by Gasteiger charge is -2.28. The van der Waals surface area contributed by atoms with Gasteiger partial charge in [0.25, 0.3) is 11.8 Å². The molecule has 7 nitrogen and oxygen atoms in total. The van der Waals surface area contributed by atoms with Crippen molar-refractivity contribution in [1.82, 2.24) is 0 Å². The number of imide groups is 2. The topological polar surface area (TPSA) is 84.0 Å². The number of hydrogen-bond acceptors (Lipinski definition) is 5. The third-order valence-electron chi connectivity index (χ3n) is 7.40. The van der Waals surface area contributed by atoms with E-state index in [-0.39, 0.29) is 29.7 Å². The van der Waals surface area contributed by atoms with Crippen molar-refractivity contribution in [3.05, 3.63) is 84.0 Å². The first-order valence-electron chi connectivity index (χ1n) is 11.9. The number of benzene rings is 2. The fourth-order valence-electron chi connectivity index (χ4n) is 5.85. The molecule has 35 heavy (non-hydrogen) atoms. The molecule has 2 saturated heterocycles. The average Bonchev–Trinajstić information content (AvgIpc) is 3.57. The number of ether oxygens (including phenoxy) is 1. The molecule has 7 heteroatoms. The van der Waals surface area contributed by atoms with E-state index in [1.54, 1.807) is 12.1 Å². The molecule has 2 aromatic rings. The Morgan fingerprint density at radius 3 is 1.94 bits per heavy atom. The van der Waals surface area contributed by atoms with Crippen LogP contribution in [0.3, 0.4) is 0 Å². The number of anilines is 2. The maximum absolute atomic E-state index is 13.4. The number of carbonyl (C=O) groups is 4. The first-order chi connectivity index (χ1) is 16.9. The first-order valence-corrected chi connectivity index (χ1v) is 11.9. The summed E-state index contributed by atoms with van der Waals surface area (Å²) in [5.74, 6) is -1.94. The third kappa shape index (κ3) is 3.22. The van der Waals surface area contributed by atoms with Gasteiger partial charge >= 0.3 is 0 Å². The van der Waals surface area contributed by atoms with E-state index in [1.807, 2.05) is 48.6 Å². The zero-order valence-electron chi connectivity index (χ0n) is 19.2. The van der Waals surface area contributed by atoms with Gasteiger partial charge in [0.2, 0.25) is 11.8 Å². The zero-order valence-corrected chi connectivity index (χ0v) is 19.2. The molecule has 4 atom stereocenters. The highest BCUT2D eigenvalue weighted by Gasteiger charge is 2.67. The van der Waals surface area contributed by atoms with Gasteiger partial charge < -0.3 is 4.74 Å². The summed E-state index contributed by atoms with van der Waals surface area (Å²) in [6, 6.07) is 14.7. The molecule has 4 aliphatic heterocycles. The van der Waals surface area contributed by atoms with E-state index in [4.69, 9.17) is 4.74 Å². The summed E-state index contributed by atoms with van der Waals surface area (Å²) < 4.78 is 6.11. The Morgan fingerprint density at radius 1 is 0.800 bits per heavy atom. The second kappa shape index (κ2) is 7.85. The number of carbonyl (C=O) groups excluding carboxylic acids is 4. The van der Waals surface area contributed by atoms with E-state index in [1.165, 1.54) is 17.1 Å². The molecule has 4 heterocycles. The van der Waals surface area contributed by atoms with Crippen molar-refractivity contribution in [1.29, 1.82) is 0 Å². The molecule has 0 aliphatic carbocycles. The van der Waals surface area contributed by atoms with Gasteiger partial charge in [-0.2, -0.15) is 0 Å². The molecule has 0 saturated carbocycles. The molecular weight excluding hydrogens is 444 g/mol. The van der Waals surface area contributed by atoms with Gasteiger partial charge in [-0.3, -0.25) is 19.2 Å². The van der Waals surface area contributed by atoms with Crippen LogP contribution >= 0.6 is 0 Å². The largest absolute Gasteiger partial charge is 0.362 e. The van der Waals surface area contributed by atoms with Crippen LogP contribution in [0, 0.1) is 11.8 Å². The van der Waals surface area contributed by atoms with E-state index in [2.05, 4.69) is 6.92 Å². The van der Waals surface area contributed by atoms with E-state index in [9.17, 15) is 19.2 Å². The Kier molecular flexibility index (Phi) is 4.86. The van der Waals surface area contributed by atoms with Crippen LogP contribution in [0.2, 0.25) is 0 Å². The van der Waals surface area contributed by atoms with Crippen molar-refractivity contribution < 1.29 is 23.9 Å². The molecule has 4 unspecified atom stereocenters. The van der Waals surface area contributed by atoms with E-state index >= 15 is 0 Å². The summed E-state index contributed by atoms with van der Waals surface area (Å²) >= 11 is 0. The fraction of sp³-hybridized carbons (Fsp3) is 0.286. The Morgan fingerprint density at radius 2 is 1.37 bits per heavy atom. The molecule has 0 aromatic heterocycles. The van der Waals surface area contributed by atoms with E-state index < -0.39 is 17.4 Å². The van der Waals surface area contributed by atoms with Gasteiger partial charge in [-0.05, 0) is 48.2 Å². The Bertz CT molecular complexity index is 1290. The molecule has 2 bridgehead atoms. The molecule has 4 amide bonds. The van der Waals surface area contributed by atoms with Crippen molar-refractivity contribution in [2.24, 2.45) is 11.8 Å². The molecule has 0 N–H and O–H groups in total. The van der Waals surface area contributed by atoms with Gasteiger partial charge in [-0.15, -0.1) is 0 Å². The fourth-order valence-corrected chi connectivity index (χ4v) is 5.85. The van der Waals surface area contributed by atoms with Gasteiger partial charge in [0, 0.05) is 12.2 Å². The summed E-state index contributed by atoms with van der Waals surface area (Å²) in [7, 11) is 0. The highest BCUT2D eigenvalue weighted by atomic mass is 16.5. The van der Waals surface area contributed by atoms with Crippen LogP contribution in [0.25, 0.3) is 0 Å². The Balaban J connectivity index is 1.18. The van der Waals surface area contributed by atoms with Gasteiger partial charge in [0.05, 0.1) is 34.9 Å². The predicted octanol–water partition coefficient (Wildman–Crippen LogP) is 3.32. The van der Waals surface area contributed by atoms with E-state index in [0.717, 1.165) is 28.9 Å². The Labute approximate surface area is 202 Å². The maximum atomic E-state index is 13.4. The van der Waals surface area contributed by atoms with Crippen molar-refractivity contribution in [2.45, 2.75) is 37.9 Å². The summed E-state index contributed by atoms with van der Waals surface area (Å²) in [4.78, 5) is 52.8. The smallest absolute Gasteiger partial charge is 0.258 e. The van der Waals surface area contributed by atoms with E-state index in [0.29, 0.717) is 17.8 Å². The quantitative estimate of drug-likeness (QED) is 0.480. The standard InChI is InChI=1S/C28H24N2O5/c1-2-14-28-15-13-21(35-28)24-25(28)27(34)30(26(24)33)20-9-5-18(6-10-20)16-17-3-7-19(8-4-17)29-22(31)11-12-23(29)32/h3-13,15,21,24-25H,2,14,16H2,1H3. The zero-order chi connectivity index (χ0) is 24.3. The molecular formula is C28H24N2O5. The molecule has 0 radical (unpaired) electrons. The molecule has 2 aromatic carbocycles. The molecule has 176 valence electrons.